The molecule has 3 heterocycles. The van der Waals surface area contributed by atoms with E-state index in [-0.39, 0.29) is 23.5 Å². The third-order valence-corrected chi connectivity index (χ3v) is 7.26. The molecule has 1 atom stereocenters. The van der Waals surface area contributed by atoms with E-state index in [1.807, 2.05) is 0 Å². The van der Waals surface area contributed by atoms with E-state index in [2.05, 4.69) is 10.2 Å². The lowest BCUT2D eigenvalue weighted by atomic mass is 9.76. The van der Waals surface area contributed by atoms with Gasteiger partial charge in [0.25, 0.3) is 0 Å². The minimum absolute atomic E-state index is 0.0918. The molecule has 1 aromatic rings. The van der Waals surface area contributed by atoms with Gasteiger partial charge in [0, 0.05) is 38.8 Å². The minimum atomic E-state index is -4.93. The average Bonchev–Trinajstić information content (AvgIpc) is 3.18. The van der Waals surface area contributed by atoms with E-state index < -0.39 is 35.4 Å². The fourth-order valence-corrected chi connectivity index (χ4v) is 5.30. The summed E-state index contributed by atoms with van der Waals surface area (Å²) in [6, 6.07) is 1.41. The predicted octanol–water partition coefficient (Wildman–Crippen LogP) is 4.50. The molecule has 35 heavy (non-hydrogen) atoms. The Morgan fingerprint density at radius 1 is 0.971 bits per heavy atom. The fourth-order valence-electron chi connectivity index (χ4n) is 5.30. The predicted molar refractivity (Wildman–Crippen MR) is 114 cm³/mol. The van der Waals surface area contributed by atoms with Crippen molar-refractivity contribution in [2.75, 3.05) is 46.1 Å². The van der Waals surface area contributed by atoms with Gasteiger partial charge in [-0.3, -0.25) is 4.79 Å². The van der Waals surface area contributed by atoms with Crippen LogP contribution in [0.1, 0.15) is 42.4 Å². The Balaban J connectivity index is 1.46. The third kappa shape index (κ3) is 6.48. The van der Waals surface area contributed by atoms with Gasteiger partial charge >= 0.3 is 12.4 Å². The number of hydrogen-bond acceptors (Lipinski definition) is 4. The second kappa shape index (κ2) is 10.3. The lowest BCUT2D eigenvalue weighted by Gasteiger charge is -2.36. The summed E-state index contributed by atoms with van der Waals surface area (Å²) in [4.78, 5) is 15.6. The van der Waals surface area contributed by atoms with Gasteiger partial charge in [-0.2, -0.15) is 26.3 Å². The number of rotatable bonds is 7. The van der Waals surface area contributed by atoms with Gasteiger partial charge in [0.05, 0.1) is 29.8 Å². The van der Waals surface area contributed by atoms with Crippen LogP contribution < -0.4 is 5.32 Å². The van der Waals surface area contributed by atoms with Crippen LogP contribution in [0.2, 0.25) is 0 Å². The van der Waals surface area contributed by atoms with Crippen molar-refractivity contribution in [3.63, 3.8) is 0 Å². The van der Waals surface area contributed by atoms with E-state index in [9.17, 15) is 31.1 Å². The number of hydrogen-bond donors (Lipinski definition) is 1. The number of carbonyl (C=O) groups excluding carboxylic acids is 1. The van der Waals surface area contributed by atoms with Crippen molar-refractivity contribution in [1.82, 2.24) is 10.2 Å². The molecule has 1 aromatic carbocycles. The van der Waals surface area contributed by atoms with Crippen molar-refractivity contribution in [3.8, 4) is 0 Å². The summed E-state index contributed by atoms with van der Waals surface area (Å²) in [5, 5.41) is 2.66. The zero-order valence-corrected chi connectivity index (χ0v) is 19.3. The van der Waals surface area contributed by atoms with E-state index in [4.69, 9.17) is 9.47 Å². The van der Waals surface area contributed by atoms with Crippen LogP contribution in [0.15, 0.2) is 18.2 Å². The van der Waals surface area contributed by atoms with Crippen LogP contribution in [-0.2, 0) is 33.2 Å². The topological polar surface area (TPSA) is 50.8 Å². The summed E-state index contributed by atoms with van der Waals surface area (Å²) in [6.07, 6.45) is -6.76. The van der Waals surface area contributed by atoms with Crippen molar-refractivity contribution in [1.29, 1.82) is 0 Å². The van der Waals surface area contributed by atoms with Crippen LogP contribution in [-0.4, -0.2) is 56.9 Å². The molecule has 0 radical (unpaired) electrons. The molecular formula is C24H30F6N2O3. The van der Waals surface area contributed by atoms with Gasteiger partial charge in [-0.05, 0) is 61.9 Å². The van der Waals surface area contributed by atoms with E-state index in [1.165, 1.54) is 0 Å². The molecule has 0 aromatic heterocycles. The molecule has 0 spiro atoms. The van der Waals surface area contributed by atoms with Gasteiger partial charge in [-0.15, -0.1) is 0 Å². The number of carbonyl (C=O) groups is 1. The number of alkyl halides is 6. The highest BCUT2D eigenvalue weighted by Gasteiger charge is 2.47. The molecule has 3 saturated heterocycles. The molecular weight excluding hydrogens is 478 g/mol. The number of nitrogens with zero attached hydrogens (tertiary/aromatic N) is 1. The normalized spacial score (nSPS) is 25.0. The molecule has 1 amide bonds. The van der Waals surface area contributed by atoms with Crippen LogP contribution in [0.4, 0.5) is 26.3 Å². The van der Waals surface area contributed by atoms with Gasteiger partial charge in [0.15, 0.2) is 0 Å². The lowest BCUT2D eigenvalue weighted by molar-refractivity contribution is -0.143. The minimum Gasteiger partial charge on any atom is -0.381 e. The van der Waals surface area contributed by atoms with Crippen molar-refractivity contribution in [3.05, 3.63) is 34.9 Å². The van der Waals surface area contributed by atoms with E-state index >= 15 is 0 Å². The number of ether oxygens (including phenoxy) is 2. The maximum absolute atomic E-state index is 13.4. The molecule has 1 N–H and O–H groups in total. The Kier molecular flexibility index (Phi) is 7.68. The van der Waals surface area contributed by atoms with Gasteiger partial charge in [0.1, 0.15) is 0 Å². The van der Waals surface area contributed by atoms with E-state index in [0.717, 1.165) is 39.1 Å². The zero-order chi connectivity index (χ0) is 25.3. The Morgan fingerprint density at radius 2 is 1.60 bits per heavy atom. The summed E-state index contributed by atoms with van der Waals surface area (Å²) >= 11 is 0. The summed E-state index contributed by atoms with van der Waals surface area (Å²) < 4.78 is 89.8. The van der Waals surface area contributed by atoms with E-state index in [1.54, 1.807) is 0 Å². The summed E-state index contributed by atoms with van der Waals surface area (Å²) in [6.45, 7) is 4.23. The Hall–Kier alpha value is -1.85. The first-order chi connectivity index (χ1) is 16.4. The number of benzene rings is 1. The standard InChI is InChI=1S/C24H30F6N2O3/c25-23(26,27)19-7-17(8-20(9-19)24(28,29)30)11-31-21(33)22(10-18-13-35-14-18)3-4-32(15-22)12-16-1-5-34-6-2-16/h7-9,16,18H,1-6,10-15H2,(H,31,33). The Bertz CT molecular complexity index is 864. The second-order valence-electron chi connectivity index (χ2n) is 10.0. The molecule has 3 aliphatic heterocycles. The van der Waals surface area contributed by atoms with Gasteiger partial charge in [-0.25, -0.2) is 0 Å². The maximum Gasteiger partial charge on any atom is 0.416 e. The molecule has 3 fully saturated rings. The van der Waals surface area contributed by atoms with Crippen LogP contribution in [0.5, 0.6) is 0 Å². The molecule has 4 rings (SSSR count). The largest absolute Gasteiger partial charge is 0.416 e. The van der Waals surface area contributed by atoms with Gasteiger partial charge in [-0.1, -0.05) is 0 Å². The smallest absolute Gasteiger partial charge is 0.381 e. The third-order valence-electron chi connectivity index (χ3n) is 7.26. The highest BCUT2D eigenvalue weighted by atomic mass is 19.4. The monoisotopic (exact) mass is 508 g/mol. The fraction of sp³-hybridized carbons (Fsp3) is 0.708. The van der Waals surface area contributed by atoms with Crippen molar-refractivity contribution < 1.29 is 40.6 Å². The average molecular weight is 509 g/mol. The first kappa shape index (κ1) is 26.2. The first-order valence-electron chi connectivity index (χ1n) is 11.9. The molecule has 5 nitrogen and oxygen atoms in total. The van der Waals surface area contributed by atoms with Crippen molar-refractivity contribution in [2.24, 2.45) is 17.3 Å². The number of halogens is 6. The first-order valence-corrected chi connectivity index (χ1v) is 11.9. The highest BCUT2D eigenvalue weighted by molar-refractivity contribution is 5.83. The van der Waals surface area contributed by atoms with Crippen LogP contribution >= 0.6 is 0 Å². The van der Waals surface area contributed by atoms with Gasteiger partial charge < -0.3 is 19.7 Å². The summed E-state index contributed by atoms with van der Waals surface area (Å²) in [7, 11) is 0. The number of amides is 1. The van der Waals surface area contributed by atoms with Crippen molar-refractivity contribution in [2.45, 2.75) is 44.6 Å². The number of likely N-dealkylation sites (tertiary alicyclic amines) is 1. The molecule has 0 saturated carbocycles. The highest BCUT2D eigenvalue weighted by Crippen LogP contribution is 2.40. The molecule has 0 bridgehead atoms. The maximum atomic E-state index is 13.4. The number of nitrogens with one attached hydrogen (secondary N) is 1. The molecule has 0 aliphatic carbocycles. The molecule has 196 valence electrons. The van der Waals surface area contributed by atoms with E-state index in [0.29, 0.717) is 50.7 Å². The molecule has 11 heteroatoms. The van der Waals surface area contributed by atoms with Crippen LogP contribution in [0.3, 0.4) is 0 Å². The lowest BCUT2D eigenvalue weighted by Crippen LogP contribution is -2.47. The summed E-state index contributed by atoms with van der Waals surface area (Å²) in [5.41, 5.74) is -3.75. The summed E-state index contributed by atoms with van der Waals surface area (Å²) in [5.74, 6) is 0.375. The Labute approximate surface area is 200 Å². The van der Waals surface area contributed by atoms with Crippen molar-refractivity contribution >= 4 is 5.91 Å². The second-order valence-corrected chi connectivity index (χ2v) is 10.0. The van der Waals surface area contributed by atoms with Crippen LogP contribution in [0.25, 0.3) is 0 Å². The molecule has 1 unspecified atom stereocenters. The Morgan fingerprint density at radius 3 is 2.14 bits per heavy atom. The zero-order valence-electron chi connectivity index (χ0n) is 19.3. The van der Waals surface area contributed by atoms with Crippen LogP contribution in [0, 0.1) is 17.3 Å². The van der Waals surface area contributed by atoms with Gasteiger partial charge in [0.2, 0.25) is 5.91 Å². The SMILES string of the molecule is O=C(NCc1cc(C(F)(F)F)cc(C(F)(F)F)c1)C1(CC2COC2)CCN(CC2CCOCC2)C1. The molecule has 3 aliphatic rings. The quantitative estimate of drug-likeness (QED) is 0.552.